The first-order chi connectivity index (χ1) is 15.9. The number of hydrogen-bond donors (Lipinski definition) is 1. The lowest BCUT2D eigenvalue weighted by atomic mass is 9.84. The van der Waals surface area contributed by atoms with Crippen LogP contribution < -0.4 is 4.74 Å². The second-order valence-corrected chi connectivity index (χ2v) is 8.66. The molecule has 5 heteroatoms. The predicted octanol–water partition coefficient (Wildman–Crippen LogP) is 6.08. The molecular weight excluding hydrogens is 414 g/mol. The van der Waals surface area contributed by atoms with Gasteiger partial charge in [0.25, 0.3) is 0 Å². The molecule has 1 aliphatic rings. The summed E-state index contributed by atoms with van der Waals surface area (Å²) in [6.45, 7) is 8.95. The molecule has 0 radical (unpaired) electrons. The highest BCUT2D eigenvalue weighted by Gasteiger charge is 2.29. The maximum atomic E-state index is 12.3. The molecule has 0 spiro atoms. The van der Waals surface area contributed by atoms with Crippen LogP contribution in [-0.2, 0) is 16.0 Å². The number of aryl methyl sites for hydroxylation is 3. The Kier molecular flexibility index (Phi) is 5.29. The van der Waals surface area contributed by atoms with E-state index in [1.165, 1.54) is 16.7 Å². The van der Waals surface area contributed by atoms with Crippen molar-refractivity contribution in [2.45, 2.75) is 40.2 Å². The third-order valence-electron chi connectivity index (χ3n) is 6.77. The number of aliphatic carboxylic acids is 1. The lowest BCUT2D eigenvalue weighted by Gasteiger charge is -2.25. The van der Waals surface area contributed by atoms with Crippen molar-refractivity contribution in [2.24, 2.45) is 0 Å². The van der Waals surface area contributed by atoms with Crippen molar-refractivity contribution in [2.75, 3.05) is 13.2 Å². The van der Waals surface area contributed by atoms with Gasteiger partial charge in [0, 0.05) is 35.7 Å². The molecule has 33 heavy (non-hydrogen) atoms. The second-order valence-electron chi connectivity index (χ2n) is 8.66. The van der Waals surface area contributed by atoms with Crippen molar-refractivity contribution < 1.29 is 19.4 Å². The molecule has 3 aromatic carbocycles. The summed E-state index contributed by atoms with van der Waals surface area (Å²) in [7, 11) is 0. The SMILES string of the molecule is CCO[C@H](C(=O)O)c1c(C)cc2c(C)c(C)ccc2c1-c1ccc2c3c(ccnc13)CCO2. The quantitative estimate of drug-likeness (QED) is 0.407. The Labute approximate surface area is 193 Å². The van der Waals surface area contributed by atoms with Gasteiger partial charge in [-0.3, -0.25) is 4.98 Å². The average molecular weight is 442 g/mol. The molecule has 1 atom stereocenters. The van der Waals surface area contributed by atoms with Crippen LogP contribution in [0.2, 0.25) is 0 Å². The molecule has 0 bridgehead atoms. The van der Waals surface area contributed by atoms with E-state index in [0.717, 1.165) is 50.5 Å². The number of benzene rings is 3. The van der Waals surface area contributed by atoms with E-state index < -0.39 is 12.1 Å². The van der Waals surface area contributed by atoms with E-state index in [9.17, 15) is 9.90 Å². The van der Waals surface area contributed by atoms with Gasteiger partial charge in [-0.15, -0.1) is 0 Å². The number of pyridine rings is 1. The van der Waals surface area contributed by atoms with Gasteiger partial charge in [0.05, 0.1) is 12.1 Å². The molecule has 0 unspecified atom stereocenters. The Morgan fingerprint density at radius 3 is 2.70 bits per heavy atom. The van der Waals surface area contributed by atoms with Crippen LogP contribution in [-0.4, -0.2) is 29.3 Å². The third kappa shape index (κ3) is 3.35. The first-order valence-corrected chi connectivity index (χ1v) is 11.3. The van der Waals surface area contributed by atoms with Gasteiger partial charge in [0.2, 0.25) is 0 Å². The molecule has 2 heterocycles. The normalized spacial score (nSPS) is 13.8. The van der Waals surface area contributed by atoms with E-state index in [0.29, 0.717) is 18.8 Å². The molecule has 168 valence electrons. The fraction of sp³-hybridized carbons (Fsp3) is 0.286. The zero-order valence-electron chi connectivity index (χ0n) is 19.4. The molecule has 4 aromatic rings. The van der Waals surface area contributed by atoms with Gasteiger partial charge in [0.15, 0.2) is 6.10 Å². The van der Waals surface area contributed by atoms with Crippen LogP contribution >= 0.6 is 0 Å². The molecule has 1 aromatic heterocycles. The number of carboxylic acid groups (broad SMARTS) is 1. The van der Waals surface area contributed by atoms with Crippen molar-refractivity contribution >= 4 is 27.6 Å². The number of ether oxygens (including phenoxy) is 2. The molecule has 0 fully saturated rings. The van der Waals surface area contributed by atoms with E-state index in [-0.39, 0.29) is 0 Å². The van der Waals surface area contributed by atoms with E-state index >= 15 is 0 Å². The predicted molar refractivity (Wildman–Crippen MR) is 130 cm³/mol. The smallest absolute Gasteiger partial charge is 0.337 e. The number of aromatic nitrogens is 1. The van der Waals surface area contributed by atoms with E-state index in [2.05, 4.69) is 32.0 Å². The number of carboxylic acids is 1. The van der Waals surface area contributed by atoms with Gasteiger partial charge < -0.3 is 14.6 Å². The highest BCUT2D eigenvalue weighted by molar-refractivity contribution is 6.09. The standard InChI is InChI=1S/C28H27NO4/c1-5-32-27(28(30)31)23-16(3)14-21-17(4)15(2)6-7-19(21)25(23)20-8-9-22-24-18(11-13-33-22)10-12-29-26(20)24/h6-10,12,14,27H,5,11,13H2,1-4H3,(H,30,31)/t27-/m0/s1. The van der Waals surface area contributed by atoms with Crippen molar-refractivity contribution in [3.8, 4) is 16.9 Å². The van der Waals surface area contributed by atoms with Gasteiger partial charge in [-0.1, -0.05) is 18.2 Å². The Hall–Kier alpha value is -3.44. The minimum Gasteiger partial charge on any atom is -0.493 e. The zero-order valence-corrected chi connectivity index (χ0v) is 19.4. The van der Waals surface area contributed by atoms with Crippen molar-refractivity contribution in [3.05, 3.63) is 70.4 Å². The maximum Gasteiger partial charge on any atom is 0.337 e. The second kappa shape index (κ2) is 8.16. The number of nitrogens with zero attached hydrogens (tertiary/aromatic N) is 1. The Morgan fingerprint density at radius 2 is 1.94 bits per heavy atom. The summed E-state index contributed by atoms with van der Waals surface area (Å²) in [6, 6.07) is 12.3. The fourth-order valence-electron chi connectivity index (χ4n) is 5.05. The number of hydrogen-bond acceptors (Lipinski definition) is 4. The number of fused-ring (bicyclic) bond motifs is 1. The van der Waals surface area contributed by atoms with Crippen molar-refractivity contribution in [1.82, 2.24) is 4.98 Å². The van der Waals surface area contributed by atoms with Gasteiger partial charge in [-0.25, -0.2) is 4.79 Å². The van der Waals surface area contributed by atoms with Crippen LogP contribution in [0.1, 0.15) is 40.8 Å². The maximum absolute atomic E-state index is 12.3. The van der Waals surface area contributed by atoms with Crippen LogP contribution in [0.5, 0.6) is 5.75 Å². The molecule has 1 N–H and O–H groups in total. The highest BCUT2D eigenvalue weighted by atomic mass is 16.5. The summed E-state index contributed by atoms with van der Waals surface area (Å²) in [6.07, 6.45) is 1.59. The lowest BCUT2D eigenvalue weighted by molar-refractivity contribution is -0.150. The van der Waals surface area contributed by atoms with Gasteiger partial charge in [-0.2, -0.15) is 0 Å². The van der Waals surface area contributed by atoms with Crippen molar-refractivity contribution in [3.63, 3.8) is 0 Å². The highest BCUT2D eigenvalue weighted by Crippen LogP contribution is 2.45. The first-order valence-electron chi connectivity index (χ1n) is 11.3. The van der Waals surface area contributed by atoms with E-state index in [1.54, 1.807) is 0 Å². The minimum atomic E-state index is -1.07. The summed E-state index contributed by atoms with van der Waals surface area (Å²) >= 11 is 0. The molecule has 0 saturated carbocycles. The van der Waals surface area contributed by atoms with Crippen LogP contribution in [0.15, 0.2) is 42.6 Å². The van der Waals surface area contributed by atoms with Crippen LogP contribution in [0.4, 0.5) is 0 Å². The largest absolute Gasteiger partial charge is 0.493 e. The Morgan fingerprint density at radius 1 is 1.12 bits per heavy atom. The van der Waals surface area contributed by atoms with E-state index in [1.807, 2.05) is 38.2 Å². The monoisotopic (exact) mass is 441 g/mol. The number of carbonyl (C=O) groups is 1. The summed E-state index contributed by atoms with van der Waals surface area (Å²) in [4.78, 5) is 17.1. The number of rotatable bonds is 5. The topological polar surface area (TPSA) is 68.7 Å². The van der Waals surface area contributed by atoms with Crippen LogP contribution in [0.25, 0.3) is 32.8 Å². The first kappa shape index (κ1) is 21.4. The van der Waals surface area contributed by atoms with Gasteiger partial charge >= 0.3 is 5.97 Å². The minimum absolute atomic E-state index is 0.302. The summed E-state index contributed by atoms with van der Waals surface area (Å²) < 4.78 is 11.7. The Bertz CT molecular complexity index is 1410. The molecule has 1 aliphatic heterocycles. The lowest BCUT2D eigenvalue weighted by Crippen LogP contribution is -2.18. The molecule has 5 nitrogen and oxygen atoms in total. The zero-order chi connectivity index (χ0) is 23.3. The van der Waals surface area contributed by atoms with Crippen LogP contribution in [0, 0.1) is 20.8 Å². The molecule has 0 saturated heterocycles. The molecule has 5 rings (SSSR count). The van der Waals surface area contributed by atoms with Crippen molar-refractivity contribution in [1.29, 1.82) is 0 Å². The average Bonchev–Trinajstić information content (AvgIpc) is 2.81. The molecule has 0 amide bonds. The molecule has 0 aliphatic carbocycles. The molecular formula is C28H27NO4. The van der Waals surface area contributed by atoms with Gasteiger partial charge in [0.1, 0.15) is 5.75 Å². The third-order valence-corrected chi connectivity index (χ3v) is 6.77. The Balaban J connectivity index is 1.96. The summed E-state index contributed by atoms with van der Waals surface area (Å²) in [5.41, 5.74) is 7.76. The van der Waals surface area contributed by atoms with Crippen LogP contribution in [0.3, 0.4) is 0 Å². The fourth-order valence-corrected chi connectivity index (χ4v) is 5.05. The van der Waals surface area contributed by atoms with Gasteiger partial charge in [-0.05, 0) is 84.5 Å². The summed E-state index contributed by atoms with van der Waals surface area (Å²) in [5, 5.41) is 13.2. The van der Waals surface area contributed by atoms with E-state index in [4.69, 9.17) is 14.5 Å². The summed E-state index contributed by atoms with van der Waals surface area (Å²) in [5.74, 6) is -0.170.